The SMILES string of the molecule is CC(=O)c1c(F)cc(-c2ncccn2)cc1F. The van der Waals surface area contributed by atoms with Gasteiger partial charge in [-0.2, -0.15) is 0 Å². The summed E-state index contributed by atoms with van der Waals surface area (Å²) in [6.45, 7) is 1.11. The molecule has 0 unspecified atom stereocenters. The van der Waals surface area contributed by atoms with Gasteiger partial charge in [0.25, 0.3) is 0 Å². The van der Waals surface area contributed by atoms with E-state index in [2.05, 4.69) is 9.97 Å². The third kappa shape index (κ3) is 2.18. The smallest absolute Gasteiger partial charge is 0.165 e. The van der Waals surface area contributed by atoms with E-state index in [1.54, 1.807) is 6.07 Å². The van der Waals surface area contributed by atoms with Crippen molar-refractivity contribution in [1.29, 1.82) is 0 Å². The number of hydrogen-bond acceptors (Lipinski definition) is 3. The van der Waals surface area contributed by atoms with Crippen molar-refractivity contribution in [1.82, 2.24) is 9.97 Å². The highest BCUT2D eigenvalue weighted by molar-refractivity contribution is 5.95. The molecule has 0 spiro atoms. The molecule has 0 aliphatic heterocycles. The highest BCUT2D eigenvalue weighted by Gasteiger charge is 2.16. The fraction of sp³-hybridized carbons (Fsp3) is 0.0833. The molecule has 17 heavy (non-hydrogen) atoms. The van der Waals surface area contributed by atoms with Crippen LogP contribution in [-0.4, -0.2) is 15.8 Å². The molecular formula is C12H8F2N2O. The topological polar surface area (TPSA) is 42.9 Å². The second-order valence-electron chi connectivity index (χ2n) is 3.44. The molecule has 0 bridgehead atoms. The van der Waals surface area contributed by atoms with Crippen LogP contribution < -0.4 is 0 Å². The fourth-order valence-corrected chi connectivity index (χ4v) is 1.49. The number of carbonyl (C=O) groups is 1. The summed E-state index contributed by atoms with van der Waals surface area (Å²) >= 11 is 0. The number of benzene rings is 1. The van der Waals surface area contributed by atoms with Gasteiger partial charge in [0, 0.05) is 18.0 Å². The molecule has 1 heterocycles. The maximum Gasteiger partial charge on any atom is 0.165 e. The lowest BCUT2D eigenvalue weighted by Crippen LogP contribution is -2.02. The number of carbonyl (C=O) groups excluding carboxylic acids is 1. The standard InChI is InChI=1S/C12H8F2N2O/c1-7(17)11-9(13)5-8(6-10(11)14)12-15-3-2-4-16-12/h2-6H,1H3. The first kappa shape index (κ1) is 11.3. The Bertz CT molecular complexity index is 547. The van der Waals surface area contributed by atoms with Gasteiger partial charge < -0.3 is 0 Å². The predicted molar refractivity (Wildman–Crippen MR) is 57.4 cm³/mol. The molecule has 3 nitrogen and oxygen atoms in total. The Hall–Kier alpha value is -2.17. The molecule has 0 saturated carbocycles. The Labute approximate surface area is 96.2 Å². The summed E-state index contributed by atoms with van der Waals surface area (Å²) < 4.78 is 27.1. The van der Waals surface area contributed by atoms with Crippen LogP contribution in [0.5, 0.6) is 0 Å². The van der Waals surface area contributed by atoms with Crippen molar-refractivity contribution in [3.8, 4) is 11.4 Å². The van der Waals surface area contributed by atoms with Gasteiger partial charge in [-0.15, -0.1) is 0 Å². The molecule has 0 aliphatic rings. The Morgan fingerprint density at radius 1 is 1.12 bits per heavy atom. The van der Waals surface area contributed by atoms with Crippen molar-refractivity contribution >= 4 is 5.78 Å². The molecule has 1 aromatic carbocycles. The number of nitrogens with zero attached hydrogens (tertiary/aromatic N) is 2. The van der Waals surface area contributed by atoms with E-state index in [1.807, 2.05) is 0 Å². The van der Waals surface area contributed by atoms with Crippen molar-refractivity contribution in [3.05, 3.63) is 47.8 Å². The Kier molecular flexibility index (Phi) is 2.91. The molecule has 0 saturated heterocycles. The zero-order valence-corrected chi connectivity index (χ0v) is 8.95. The lowest BCUT2D eigenvalue weighted by molar-refractivity contribution is 0.101. The van der Waals surface area contributed by atoms with Crippen molar-refractivity contribution in [2.45, 2.75) is 6.92 Å². The van der Waals surface area contributed by atoms with E-state index in [0.717, 1.165) is 19.1 Å². The van der Waals surface area contributed by atoms with Crippen LogP contribution in [0.15, 0.2) is 30.6 Å². The minimum atomic E-state index is -0.903. The molecule has 2 aromatic rings. The predicted octanol–water partition coefficient (Wildman–Crippen LogP) is 2.62. The second kappa shape index (κ2) is 4.37. The molecule has 0 aliphatic carbocycles. The van der Waals surface area contributed by atoms with Crippen molar-refractivity contribution in [3.63, 3.8) is 0 Å². The molecule has 1 aromatic heterocycles. The summed E-state index contributed by atoms with van der Waals surface area (Å²) in [7, 11) is 0. The molecule has 0 amide bonds. The van der Waals surface area contributed by atoms with E-state index in [9.17, 15) is 13.6 Å². The molecule has 5 heteroatoms. The number of hydrogen-bond donors (Lipinski definition) is 0. The van der Waals surface area contributed by atoms with Crippen LogP contribution in [0.3, 0.4) is 0 Å². The summed E-state index contributed by atoms with van der Waals surface area (Å²) in [6.07, 6.45) is 2.94. The van der Waals surface area contributed by atoms with Crippen LogP contribution >= 0.6 is 0 Å². The Balaban J connectivity index is 2.57. The van der Waals surface area contributed by atoms with E-state index in [0.29, 0.717) is 0 Å². The summed E-state index contributed by atoms with van der Waals surface area (Å²) in [4.78, 5) is 18.8. The first-order chi connectivity index (χ1) is 8.09. The number of halogens is 2. The van der Waals surface area contributed by atoms with Gasteiger partial charge in [0.15, 0.2) is 11.6 Å². The zero-order chi connectivity index (χ0) is 12.4. The monoisotopic (exact) mass is 234 g/mol. The highest BCUT2D eigenvalue weighted by Crippen LogP contribution is 2.21. The van der Waals surface area contributed by atoms with Crippen LogP contribution in [0, 0.1) is 11.6 Å². The summed E-state index contributed by atoms with van der Waals surface area (Å²) in [5.74, 6) is -2.25. The van der Waals surface area contributed by atoms with Crippen LogP contribution in [0.25, 0.3) is 11.4 Å². The first-order valence-electron chi connectivity index (χ1n) is 4.87. The van der Waals surface area contributed by atoms with E-state index in [-0.39, 0.29) is 11.4 Å². The van der Waals surface area contributed by atoms with Crippen molar-refractivity contribution < 1.29 is 13.6 Å². The molecule has 86 valence electrons. The van der Waals surface area contributed by atoms with Crippen LogP contribution in [-0.2, 0) is 0 Å². The van der Waals surface area contributed by atoms with Crippen molar-refractivity contribution in [2.75, 3.05) is 0 Å². The number of aromatic nitrogens is 2. The second-order valence-corrected chi connectivity index (χ2v) is 3.44. The van der Waals surface area contributed by atoms with E-state index >= 15 is 0 Å². The lowest BCUT2D eigenvalue weighted by Gasteiger charge is -2.04. The van der Waals surface area contributed by atoms with Crippen LogP contribution in [0.2, 0.25) is 0 Å². The van der Waals surface area contributed by atoms with Gasteiger partial charge in [0.1, 0.15) is 11.6 Å². The molecule has 0 atom stereocenters. The quantitative estimate of drug-likeness (QED) is 0.750. The van der Waals surface area contributed by atoms with Gasteiger partial charge in [-0.05, 0) is 25.1 Å². The molecule has 0 fully saturated rings. The number of ketones is 1. The van der Waals surface area contributed by atoms with Gasteiger partial charge in [-0.1, -0.05) is 0 Å². The van der Waals surface area contributed by atoms with Crippen molar-refractivity contribution in [2.24, 2.45) is 0 Å². The minimum absolute atomic E-state index is 0.200. The average molecular weight is 234 g/mol. The maximum absolute atomic E-state index is 13.5. The molecule has 0 N–H and O–H groups in total. The lowest BCUT2D eigenvalue weighted by atomic mass is 10.1. The number of Topliss-reactive ketones (excluding diaryl/α,β-unsaturated/α-hetero) is 1. The third-order valence-electron chi connectivity index (χ3n) is 2.22. The van der Waals surface area contributed by atoms with Gasteiger partial charge in [0.05, 0.1) is 5.56 Å². The third-order valence-corrected chi connectivity index (χ3v) is 2.22. The average Bonchev–Trinajstić information content (AvgIpc) is 2.28. The minimum Gasteiger partial charge on any atom is -0.294 e. The van der Waals surface area contributed by atoms with Gasteiger partial charge >= 0.3 is 0 Å². The summed E-state index contributed by atoms with van der Waals surface area (Å²) in [5.41, 5.74) is -0.338. The normalized spacial score (nSPS) is 10.3. The Morgan fingerprint density at radius 2 is 1.65 bits per heavy atom. The van der Waals surface area contributed by atoms with E-state index < -0.39 is 23.0 Å². The number of rotatable bonds is 2. The van der Waals surface area contributed by atoms with Crippen LogP contribution in [0.4, 0.5) is 8.78 Å². The van der Waals surface area contributed by atoms with Gasteiger partial charge in [-0.25, -0.2) is 18.7 Å². The molecule has 2 rings (SSSR count). The molecular weight excluding hydrogens is 226 g/mol. The summed E-state index contributed by atoms with van der Waals surface area (Å²) in [5, 5.41) is 0. The Morgan fingerprint density at radius 3 is 2.12 bits per heavy atom. The van der Waals surface area contributed by atoms with Crippen LogP contribution in [0.1, 0.15) is 17.3 Å². The largest absolute Gasteiger partial charge is 0.294 e. The highest BCUT2D eigenvalue weighted by atomic mass is 19.1. The maximum atomic E-state index is 13.5. The molecule has 0 radical (unpaired) electrons. The zero-order valence-electron chi connectivity index (χ0n) is 8.95. The van der Waals surface area contributed by atoms with Gasteiger partial charge in [-0.3, -0.25) is 4.79 Å². The van der Waals surface area contributed by atoms with Gasteiger partial charge in [0.2, 0.25) is 0 Å². The fourth-order valence-electron chi connectivity index (χ4n) is 1.49. The first-order valence-corrected chi connectivity index (χ1v) is 4.87. The van der Waals surface area contributed by atoms with E-state index in [4.69, 9.17) is 0 Å². The summed E-state index contributed by atoms with van der Waals surface area (Å²) in [6, 6.07) is 3.70. The van der Waals surface area contributed by atoms with E-state index in [1.165, 1.54) is 12.4 Å².